The Hall–Kier alpha value is -1.85. The quantitative estimate of drug-likeness (QED) is 0.803. The summed E-state index contributed by atoms with van der Waals surface area (Å²) in [5.74, 6) is 1.19. The zero-order valence-electron chi connectivity index (χ0n) is 12.0. The number of rotatable bonds is 6. The van der Waals surface area contributed by atoms with Gasteiger partial charge in [-0.2, -0.15) is 0 Å². The molecule has 1 aromatic heterocycles. The predicted molar refractivity (Wildman–Crippen MR) is 83.8 cm³/mol. The van der Waals surface area contributed by atoms with Crippen LogP contribution in [-0.4, -0.2) is 34.8 Å². The maximum absolute atomic E-state index is 9.24. The minimum atomic E-state index is -0.0906. The molecule has 0 aliphatic rings. The third-order valence-corrected chi connectivity index (χ3v) is 3.32. The minimum absolute atomic E-state index is 0.0181. The van der Waals surface area contributed by atoms with Crippen LogP contribution in [0.15, 0.2) is 30.3 Å². The molecule has 0 radical (unpaired) electrons. The van der Waals surface area contributed by atoms with Crippen molar-refractivity contribution in [1.82, 2.24) is 9.97 Å². The molecule has 2 N–H and O–H groups in total. The number of aliphatic hydroxyl groups is 1. The molecule has 1 unspecified atom stereocenters. The number of methoxy groups -OCH3 is 1. The summed E-state index contributed by atoms with van der Waals surface area (Å²) >= 11 is 6.05. The van der Waals surface area contributed by atoms with E-state index in [1.807, 2.05) is 31.2 Å². The number of benzene rings is 1. The van der Waals surface area contributed by atoms with E-state index in [0.29, 0.717) is 16.8 Å². The van der Waals surface area contributed by atoms with Crippen molar-refractivity contribution >= 4 is 17.5 Å². The molecule has 0 bridgehead atoms. The van der Waals surface area contributed by atoms with Gasteiger partial charge < -0.3 is 15.2 Å². The summed E-state index contributed by atoms with van der Waals surface area (Å²) in [4.78, 5) is 8.57. The number of nitrogens with zero attached hydrogens (tertiary/aromatic N) is 2. The van der Waals surface area contributed by atoms with Gasteiger partial charge in [-0.1, -0.05) is 18.5 Å². The average Bonchev–Trinajstić information content (AvgIpc) is 2.52. The van der Waals surface area contributed by atoms with E-state index in [0.717, 1.165) is 17.7 Å². The van der Waals surface area contributed by atoms with Crippen molar-refractivity contribution in [2.24, 2.45) is 0 Å². The van der Waals surface area contributed by atoms with Gasteiger partial charge in [-0.25, -0.2) is 9.97 Å². The molecule has 2 rings (SSSR count). The molecule has 2 aromatic rings. The molecule has 21 heavy (non-hydrogen) atoms. The zero-order chi connectivity index (χ0) is 15.2. The summed E-state index contributed by atoms with van der Waals surface area (Å²) in [7, 11) is 1.62. The lowest BCUT2D eigenvalue weighted by Gasteiger charge is -2.14. The first-order valence-electron chi connectivity index (χ1n) is 6.72. The monoisotopic (exact) mass is 307 g/mol. The van der Waals surface area contributed by atoms with Gasteiger partial charge in [0.25, 0.3) is 0 Å². The molecule has 0 saturated carbocycles. The van der Waals surface area contributed by atoms with Crippen molar-refractivity contribution in [3.63, 3.8) is 0 Å². The molecule has 112 valence electrons. The van der Waals surface area contributed by atoms with Gasteiger partial charge in [0.15, 0.2) is 0 Å². The Balaban J connectivity index is 2.29. The van der Waals surface area contributed by atoms with Gasteiger partial charge in [-0.15, -0.1) is 0 Å². The van der Waals surface area contributed by atoms with Crippen LogP contribution in [0, 0.1) is 0 Å². The Kier molecular flexibility index (Phi) is 5.36. The van der Waals surface area contributed by atoms with Crippen molar-refractivity contribution in [3.05, 3.63) is 35.5 Å². The van der Waals surface area contributed by atoms with E-state index < -0.39 is 0 Å². The molecular weight excluding hydrogens is 290 g/mol. The fraction of sp³-hybridized carbons (Fsp3) is 0.333. The number of halogens is 1. The lowest BCUT2D eigenvalue weighted by atomic mass is 10.1. The molecule has 1 aromatic carbocycles. The molecule has 1 atom stereocenters. The van der Waals surface area contributed by atoms with Gasteiger partial charge in [0.2, 0.25) is 5.95 Å². The molecule has 5 nitrogen and oxygen atoms in total. The number of hydrogen-bond acceptors (Lipinski definition) is 5. The van der Waals surface area contributed by atoms with Crippen LogP contribution < -0.4 is 10.1 Å². The van der Waals surface area contributed by atoms with Crippen LogP contribution in [-0.2, 0) is 0 Å². The Bertz CT molecular complexity index is 586. The Morgan fingerprint density at radius 3 is 2.57 bits per heavy atom. The summed E-state index contributed by atoms with van der Waals surface area (Å²) in [5.41, 5.74) is 1.63. The van der Waals surface area contributed by atoms with Crippen molar-refractivity contribution in [1.29, 1.82) is 0 Å². The van der Waals surface area contributed by atoms with E-state index in [2.05, 4.69) is 15.3 Å². The van der Waals surface area contributed by atoms with E-state index in [4.69, 9.17) is 16.3 Å². The fourth-order valence-electron chi connectivity index (χ4n) is 1.85. The van der Waals surface area contributed by atoms with Crippen molar-refractivity contribution in [2.45, 2.75) is 19.4 Å². The smallest absolute Gasteiger partial charge is 0.224 e. The van der Waals surface area contributed by atoms with E-state index in [9.17, 15) is 5.11 Å². The predicted octanol–water partition coefficient (Wildman–Crippen LogP) is 2.99. The molecule has 0 saturated heterocycles. The van der Waals surface area contributed by atoms with Gasteiger partial charge in [0, 0.05) is 11.6 Å². The number of hydrogen-bond donors (Lipinski definition) is 2. The summed E-state index contributed by atoms with van der Waals surface area (Å²) in [5, 5.41) is 12.7. The number of aromatic nitrogens is 2. The maximum Gasteiger partial charge on any atom is 0.224 e. The highest BCUT2D eigenvalue weighted by Crippen LogP contribution is 2.24. The molecule has 0 spiro atoms. The topological polar surface area (TPSA) is 67.3 Å². The van der Waals surface area contributed by atoms with Gasteiger partial charge in [0.1, 0.15) is 10.9 Å². The molecule has 0 amide bonds. The second-order valence-corrected chi connectivity index (χ2v) is 4.95. The fourth-order valence-corrected chi connectivity index (χ4v) is 2.03. The lowest BCUT2D eigenvalue weighted by molar-refractivity contribution is 0.271. The van der Waals surface area contributed by atoms with E-state index in [1.165, 1.54) is 0 Å². The Labute approximate surface area is 129 Å². The van der Waals surface area contributed by atoms with E-state index in [-0.39, 0.29) is 12.6 Å². The summed E-state index contributed by atoms with van der Waals surface area (Å²) in [6, 6.07) is 9.15. The molecule has 0 fully saturated rings. The molecule has 1 heterocycles. The third kappa shape index (κ3) is 4.06. The Morgan fingerprint density at radius 1 is 1.29 bits per heavy atom. The van der Waals surface area contributed by atoms with Crippen molar-refractivity contribution < 1.29 is 9.84 Å². The van der Waals surface area contributed by atoms with Crippen LogP contribution in [0.5, 0.6) is 5.75 Å². The highest BCUT2D eigenvalue weighted by atomic mass is 35.5. The van der Waals surface area contributed by atoms with E-state index >= 15 is 0 Å². The Morgan fingerprint density at radius 2 is 2.00 bits per heavy atom. The second-order valence-electron chi connectivity index (χ2n) is 4.56. The highest BCUT2D eigenvalue weighted by molar-refractivity contribution is 6.29. The summed E-state index contributed by atoms with van der Waals surface area (Å²) in [6.45, 7) is 1.99. The van der Waals surface area contributed by atoms with Gasteiger partial charge >= 0.3 is 0 Å². The number of nitrogens with one attached hydrogen (secondary N) is 1. The van der Waals surface area contributed by atoms with Crippen LogP contribution >= 0.6 is 11.6 Å². The molecule has 0 aliphatic carbocycles. The SMILES string of the molecule is CCC(CO)Nc1nc(Cl)cc(-c2ccc(OC)cc2)n1. The first-order chi connectivity index (χ1) is 10.2. The lowest BCUT2D eigenvalue weighted by Crippen LogP contribution is -2.24. The average molecular weight is 308 g/mol. The summed E-state index contributed by atoms with van der Waals surface area (Å²) in [6.07, 6.45) is 0.768. The third-order valence-electron chi connectivity index (χ3n) is 3.13. The number of anilines is 1. The summed E-state index contributed by atoms with van der Waals surface area (Å²) < 4.78 is 5.14. The number of aliphatic hydroxyl groups excluding tert-OH is 1. The number of ether oxygens (including phenoxy) is 1. The van der Waals surface area contributed by atoms with Gasteiger partial charge in [0.05, 0.1) is 25.5 Å². The highest BCUT2D eigenvalue weighted by Gasteiger charge is 2.10. The normalized spacial score (nSPS) is 12.0. The van der Waals surface area contributed by atoms with Crippen LogP contribution in [0.2, 0.25) is 5.15 Å². The van der Waals surface area contributed by atoms with Gasteiger partial charge in [-0.05, 0) is 30.7 Å². The standard InChI is InChI=1S/C15H18ClN3O2/c1-3-11(9-20)17-15-18-13(8-14(16)19-15)10-4-6-12(21-2)7-5-10/h4-8,11,20H,3,9H2,1-2H3,(H,17,18,19). The van der Waals surface area contributed by atoms with Crippen LogP contribution in [0.25, 0.3) is 11.3 Å². The first-order valence-corrected chi connectivity index (χ1v) is 7.10. The van der Waals surface area contributed by atoms with Crippen LogP contribution in [0.1, 0.15) is 13.3 Å². The largest absolute Gasteiger partial charge is 0.497 e. The molecule has 0 aliphatic heterocycles. The maximum atomic E-state index is 9.24. The van der Waals surface area contributed by atoms with Crippen molar-refractivity contribution in [3.8, 4) is 17.0 Å². The first kappa shape index (κ1) is 15.5. The second kappa shape index (κ2) is 7.24. The van der Waals surface area contributed by atoms with E-state index in [1.54, 1.807) is 13.2 Å². The molecular formula is C15H18ClN3O2. The zero-order valence-corrected chi connectivity index (χ0v) is 12.8. The van der Waals surface area contributed by atoms with Crippen molar-refractivity contribution in [2.75, 3.05) is 19.0 Å². The van der Waals surface area contributed by atoms with Crippen LogP contribution in [0.4, 0.5) is 5.95 Å². The molecule has 6 heteroatoms. The van der Waals surface area contributed by atoms with Gasteiger partial charge in [-0.3, -0.25) is 0 Å². The van der Waals surface area contributed by atoms with Crippen LogP contribution in [0.3, 0.4) is 0 Å². The minimum Gasteiger partial charge on any atom is -0.497 e.